The molecule has 0 N–H and O–H groups in total. The molecule has 4 fully saturated rings. The fourth-order valence-corrected chi connectivity index (χ4v) is 6.06. The summed E-state index contributed by atoms with van der Waals surface area (Å²) in [6, 6.07) is 0. The highest BCUT2D eigenvalue weighted by atomic mass is 16.7. The van der Waals surface area contributed by atoms with E-state index in [1.165, 1.54) is 38.5 Å². The van der Waals surface area contributed by atoms with Gasteiger partial charge in [0.2, 0.25) is 6.29 Å². The van der Waals surface area contributed by atoms with Gasteiger partial charge in [-0.2, -0.15) is 0 Å². The molecule has 0 amide bonds. The van der Waals surface area contributed by atoms with E-state index in [2.05, 4.69) is 20.8 Å². The van der Waals surface area contributed by atoms with Gasteiger partial charge in [-0.3, -0.25) is 4.79 Å². The maximum atomic E-state index is 12.6. The Balaban J connectivity index is 1.55. The quantitative estimate of drug-likeness (QED) is 0.364. The lowest BCUT2D eigenvalue weighted by atomic mass is 9.49. The highest BCUT2D eigenvalue weighted by molar-refractivity contribution is 5.75. The Hall–Kier alpha value is -0.570. The standard InChI is InChI=1S/C24H42O3/c1-7-23(5,6)21(25)27-20(16-22(2,3)4)26-9-8-24-13-17-10-18(14-24)12-19(11-17)15-24/h17-20H,7-16H2,1-6H3. The molecule has 156 valence electrons. The fourth-order valence-electron chi connectivity index (χ4n) is 6.06. The van der Waals surface area contributed by atoms with Crippen molar-refractivity contribution in [3.63, 3.8) is 0 Å². The summed E-state index contributed by atoms with van der Waals surface area (Å²) in [5.74, 6) is 2.80. The molecule has 3 heteroatoms. The SMILES string of the molecule is CCC(C)(C)C(=O)OC(CC(C)(C)C)OCCC12CC3CC(CC(C3)C1)C2. The molecule has 4 saturated carbocycles. The van der Waals surface area contributed by atoms with Crippen LogP contribution in [-0.4, -0.2) is 18.9 Å². The zero-order chi connectivity index (χ0) is 19.9. The van der Waals surface area contributed by atoms with Gasteiger partial charge in [-0.1, -0.05) is 27.7 Å². The number of carbonyl (C=O) groups excluding carboxylic acids is 1. The first-order chi connectivity index (χ1) is 12.5. The monoisotopic (exact) mass is 378 g/mol. The van der Waals surface area contributed by atoms with Crippen molar-refractivity contribution < 1.29 is 14.3 Å². The molecule has 0 aromatic rings. The summed E-state index contributed by atoms with van der Waals surface area (Å²) in [6.45, 7) is 13.2. The summed E-state index contributed by atoms with van der Waals surface area (Å²) in [6.07, 6.45) is 10.9. The molecule has 0 radical (unpaired) electrons. The Morgan fingerprint density at radius 2 is 1.52 bits per heavy atom. The van der Waals surface area contributed by atoms with Crippen molar-refractivity contribution in [2.45, 2.75) is 106 Å². The van der Waals surface area contributed by atoms with Crippen molar-refractivity contribution >= 4 is 5.97 Å². The summed E-state index contributed by atoms with van der Waals surface area (Å²) in [7, 11) is 0. The Morgan fingerprint density at radius 1 is 1.00 bits per heavy atom. The van der Waals surface area contributed by atoms with Crippen LogP contribution in [0.4, 0.5) is 0 Å². The molecule has 27 heavy (non-hydrogen) atoms. The van der Waals surface area contributed by atoms with E-state index >= 15 is 0 Å². The number of hydrogen-bond donors (Lipinski definition) is 0. The number of esters is 1. The first kappa shape index (κ1) is 21.1. The van der Waals surface area contributed by atoms with Crippen LogP contribution in [0, 0.1) is 34.0 Å². The summed E-state index contributed by atoms with van der Waals surface area (Å²) in [5.41, 5.74) is 0.148. The molecule has 1 atom stereocenters. The molecule has 0 saturated heterocycles. The minimum Gasteiger partial charge on any atom is -0.435 e. The molecule has 4 aliphatic rings. The molecule has 3 nitrogen and oxygen atoms in total. The van der Waals surface area contributed by atoms with E-state index in [0.29, 0.717) is 5.41 Å². The van der Waals surface area contributed by atoms with Crippen LogP contribution < -0.4 is 0 Å². The normalized spacial score (nSPS) is 33.9. The summed E-state index contributed by atoms with van der Waals surface area (Å²) in [5, 5.41) is 0. The molecule has 0 heterocycles. The lowest BCUT2D eigenvalue weighted by molar-refractivity contribution is -0.197. The molecule has 1 unspecified atom stereocenters. The van der Waals surface area contributed by atoms with Crippen molar-refractivity contribution in [1.29, 1.82) is 0 Å². The Labute approximate surface area is 167 Å². The van der Waals surface area contributed by atoms with Crippen LogP contribution in [0.5, 0.6) is 0 Å². The minimum atomic E-state index is -0.445. The van der Waals surface area contributed by atoms with Crippen LogP contribution in [0.2, 0.25) is 0 Å². The molecular weight excluding hydrogens is 336 g/mol. The number of carbonyl (C=O) groups is 1. The second-order valence-electron chi connectivity index (χ2n) is 11.9. The van der Waals surface area contributed by atoms with Crippen LogP contribution in [0.25, 0.3) is 0 Å². The van der Waals surface area contributed by atoms with Crippen LogP contribution in [0.1, 0.15) is 99.3 Å². The van der Waals surface area contributed by atoms with E-state index in [9.17, 15) is 4.79 Å². The second-order valence-corrected chi connectivity index (χ2v) is 11.9. The average Bonchev–Trinajstić information content (AvgIpc) is 2.51. The van der Waals surface area contributed by atoms with Gasteiger partial charge in [-0.15, -0.1) is 0 Å². The zero-order valence-electron chi connectivity index (χ0n) is 18.6. The van der Waals surface area contributed by atoms with E-state index in [4.69, 9.17) is 9.47 Å². The molecule has 4 rings (SSSR count). The maximum Gasteiger partial charge on any atom is 0.313 e. The van der Waals surface area contributed by atoms with Crippen molar-refractivity contribution in [2.24, 2.45) is 34.0 Å². The first-order valence-electron chi connectivity index (χ1n) is 11.3. The molecule has 4 aliphatic carbocycles. The van der Waals surface area contributed by atoms with Gasteiger partial charge in [0.1, 0.15) is 0 Å². The fraction of sp³-hybridized carbons (Fsp3) is 0.958. The van der Waals surface area contributed by atoms with Crippen LogP contribution in [0.3, 0.4) is 0 Å². The van der Waals surface area contributed by atoms with Crippen molar-refractivity contribution in [3.05, 3.63) is 0 Å². The van der Waals surface area contributed by atoms with E-state index in [-0.39, 0.29) is 11.4 Å². The highest BCUT2D eigenvalue weighted by Crippen LogP contribution is 2.61. The average molecular weight is 379 g/mol. The summed E-state index contributed by atoms with van der Waals surface area (Å²) in [4.78, 5) is 12.6. The lowest BCUT2D eigenvalue weighted by Gasteiger charge is -2.57. The van der Waals surface area contributed by atoms with E-state index < -0.39 is 11.7 Å². The number of ether oxygens (including phenoxy) is 2. The maximum absolute atomic E-state index is 12.6. The van der Waals surface area contributed by atoms with Gasteiger partial charge in [0.25, 0.3) is 0 Å². The third-order valence-corrected chi connectivity index (χ3v) is 7.56. The molecule has 0 aromatic carbocycles. The Kier molecular flexibility index (Phi) is 6.02. The first-order valence-corrected chi connectivity index (χ1v) is 11.3. The van der Waals surface area contributed by atoms with Gasteiger partial charge < -0.3 is 9.47 Å². The predicted octanol–water partition coefficient (Wildman–Crippen LogP) is 6.35. The minimum absolute atomic E-state index is 0.0714. The summed E-state index contributed by atoms with van der Waals surface area (Å²) >= 11 is 0. The summed E-state index contributed by atoms with van der Waals surface area (Å²) < 4.78 is 12.1. The highest BCUT2D eigenvalue weighted by Gasteiger charge is 2.50. The third kappa shape index (κ3) is 5.28. The van der Waals surface area contributed by atoms with Crippen molar-refractivity contribution in [2.75, 3.05) is 6.61 Å². The van der Waals surface area contributed by atoms with Crippen LogP contribution in [0.15, 0.2) is 0 Å². The number of hydrogen-bond acceptors (Lipinski definition) is 3. The Bertz CT molecular complexity index is 493. The van der Waals surface area contributed by atoms with E-state index in [1.807, 2.05) is 20.8 Å². The zero-order valence-corrected chi connectivity index (χ0v) is 18.6. The van der Waals surface area contributed by atoms with E-state index in [0.717, 1.165) is 43.6 Å². The van der Waals surface area contributed by atoms with Crippen molar-refractivity contribution in [1.82, 2.24) is 0 Å². The molecule has 0 aliphatic heterocycles. The third-order valence-electron chi connectivity index (χ3n) is 7.56. The van der Waals surface area contributed by atoms with Gasteiger partial charge in [0, 0.05) is 6.42 Å². The topological polar surface area (TPSA) is 35.5 Å². The largest absolute Gasteiger partial charge is 0.435 e. The molecule has 0 spiro atoms. The smallest absolute Gasteiger partial charge is 0.313 e. The van der Waals surface area contributed by atoms with Gasteiger partial charge in [-0.05, 0) is 93.8 Å². The van der Waals surface area contributed by atoms with Crippen molar-refractivity contribution in [3.8, 4) is 0 Å². The van der Waals surface area contributed by atoms with Gasteiger partial charge >= 0.3 is 5.97 Å². The van der Waals surface area contributed by atoms with Gasteiger partial charge in [-0.25, -0.2) is 0 Å². The molecular formula is C24H42O3. The predicted molar refractivity (Wildman–Crippen MR) is 109 cm³/mol. The van der Waals surface area contributed by atoms with E-state index in [1.54, 1.807) is 0 Å². The molecule has 0 aromatic heterocycles. The molecule has 4 bridgehead atoms. The van der Waals surface area contributed by atoms with Crippen LogP contribution >= 0.6 is 0 Å². The number of rotatable bonds is 8. The van der Waals surface area contributed by atoms with Gasteiger partial charge in [0.15, 0.2) is 0 Å². The second kappa shape index (κ2) is 7.69. The Morgan fingerprint density at radius 3 is 1.96 bits per heavy atom. The van der Waals surface area contributed by atoms with Crippen LogP contribution in [-0.2, 0) is 14.3 Å². The lowest BCUT2D eigenvalue weighted by Crippen LogP contribution is -2.46. The van der Waals surface area contributed by atoms with Gasteiger partial charge in [0.05, 0.1) is 12.0 Å².